The predicted octanol–water partition coefficient (Wildman–Crippen LogP) is 3.54. The van der Waals surface area contributed by atoms with Crippen LogP contribution in [0.15, 0.2) is 24.7 Å². The maximum absolute atomic E-state index is 6.39. The van der Waals surface area contributed by atoms with Gasteiger partial charge in [-0.1, -0.05) is 18.5 Å². The van der Waals surface area contributed by atoms with E-state index in [0.29, 0.717) is 30.0 Å². The van der Waals surface area contributed by atoms with Gasteiger partial charge in [0.25, 0.3) is 0 Å². The zero-order chi connectivity index (χ0) is 20.1. The highest BCUT2D eigenvalue weighted by molar-refractivity contribution is 6.32. The Morgan fingerprint density at radius 3 is 2.86 bits per heavy atom. The van der Waals surface area contributed by atoms with E-state index in [1.54, 1.807) is 6.20 Å². The average Bonchev–Trinajstić information content (AvgIpc) is 3.12. The highest BCUT2D eigenvalue weighted by Gasteiger charge is 2.18. The standard InChI is InChI=1S/C20H28ClN5O2/c1-13(8-20(2,3)22)10-28-19-16(21)6-14(9-23-19)17-7-18(25-12-24-17)26-15-4-5-27-11-15/h6-7,9,12-13,15H,4-5,8,10-11,22H2,1-3H3,(H,24,25,26). The fraction of sp³-hybridized carbons (Fsp3) is 0.550. The van der Waals surface area contributed by atoms with Crippen molar-refractivity contribution in [2.75, 3.05) is 25.1 Å². The van der Waals surface area contributed by atoms with Gasteiger partial charge in [-0.05, 0) is 38.7 Å². The Balaban J connectivity index is 1.65. The lowest BCUT2D eigenvalue weighted by Crippen LogP contribution is -2.35. The Kier molecular flexibility index (Phi) is 6.69. The van der Waals surface area contributed by atoms with Crippen molar-refractivity contribution >= 4 is 17.4 Å². The van der Waals surface area contributed by atoms with Crippen molar-refractivity contribution in [1.29, 1.82) is 0 Å². The third-order valence-electron chi connectivity index (χ3n) is 4.43. The molecule has 2 aromatic rings. The molecule has 28 heavy (non-hydrogen) atoms. The summed E-state index contributed by atoms with van der Waals surface area (Å²) in [6.07, 6.45) is 5.07. The Morgan fingerprint density at radius 2 is 2.18 bits per heavy atom. The van der Waals surface area contributed by atoms with Crippen molar-refractivity contribution in [3.05, 3.63) is 29.7 Å². The lowest BCUT2D eigenvalue weighted by atomic mass is 9.93. The number of aromatic nitrogens is 3. The van der Waals surface area contributed by atoms with Gasteiger partial charge in [0, 0.05) is 30.0 Å². The first-order chi connectivity index (χ1) is 13.3. The van der Waals surface area contributed by atoms with Gasteiger partial charge in [0.1, 0.15) is 17.2 Å². The van der Waals surface area contributed by atoms with E-state index < -0.39 is 0 Å². The van der Waals surface area contributed by atoms with E-state index in [9.17, 15) is 0 Å². The Hall–Kier alpha value is -1.96. The number of nitrogens with one attached hydrogen (secondary N) is 1. The highest BCUT2D eigenvalue weighted by atomic mass is 35.5. The molecular formula is C20H28ClN5O2. The van der Waals surface area contributed by atoms with Crippen LogP contribution in [-0.4, -0.2) is 46.4 Å². The van der Waals surface area contributed by atoms with Crippen LogP contribution in [0.4, 0.5) is 5.82 Å². The van der Waals surface area contributed by atoms with Crippen LogP contribution in [0.5, 0.6) is 5.88 Å². The highest BCUT2D eigenvalue weighted by Crippen LogP contribution is 2.28. The molecule has 1 aliphatic rings. The minimum atomic E-state index is -0.229. The molecule has 3 N–H and O–H groups in total. The summed E-state index contributed by atoms with van der Waals surface area (Å²) < 4.78 is 11.2. The Bertz CT molecular complexity index is 790. The van der Waals surface area contributed by atoms with Gasteiger partial charge in [0.05, 0.1) is 24.9 Å². The van der Waals surface area contributed by atoms with Gasteiger partial charge in [-0.25, -0.2) is 15.0 Å². The molecule has 2 atom stereocenters. The maximum Gasteiger partial charge on any atom is 0.232 e. The van der Waals surface area contributed by atoms with Crippen LogP contribution in [0.1, 0.15) is 33.6 Å². The van der Waals surface area contributed by atoms with Gasteiger partial charge in [-0.15, -0.1) is 0 Å². The second-order valence-electron chi connectivity index (χ2n) is 8.11. The molecular weight excluding hydrogens is 378 g/mol. The molecule has 0 aromatic carbocycles. The lowest BCUT2D eigenvalue weighted by Gasteiger charge is -2.23. The van der Waals surface area contributed by atoms with Gasteiger partial charge < -0.3 is 20.5 Å². The third kappa shape index (κ3) is 6.02. The summed E-state index contributed by atoms with van der Waals surface area (Å²) in [4.78, 5) is 13.0. The lowest BCUT2D eigenvalue weighted by molar-refractivity contribution is 0.195. The van der Waals surface area contributed by atoms with Crippen molar-refractivity contribution in [2.24, 2.45) is 11.7 Å². The first kappa shape index (κ1) is 20.8. The number of halogens is 1. The zero-order valence-electron chi connectivity index (χ0n) is 16.6. The van der Waals surface area contributed by atoms with E-state index in [-0.39, 0.29) is 11.6 Å². The second-order valence-corrected chi connectivity index (χ2v) is 8.52. The van der Waals surface area contributed by atoms with Gasteiger partial charge in [0.2, 0.25) is 5.88 Å². The van der Waals surface area contributed by atoms with E-state index in [4.69, 9.17) is 26.8 Å². The molecule has 3 rings (SSSR count). The van der Waals surface area contributed by atoms with Crippen LogP contribution in [-0.2, 0) is 4.74 Å². The first-order valence-electron chi connectivity index (χ1n) is 9.54. The maximum atomic E-state index is 6.39. The van der Waals surface area contributed by atoms with E-state index in [0.717, 1.165) is 36.5 Å². The number of nitrogens with two attached hydrogens (primary N) is 1. The number of hydrogen-bond acceptors (Lipinski definition) is 7. The summed E-state index contributed by atoms with van der Waals surface area (Å²) >= 11 is 6.39. The van der Waals surface area contributed by atoms with Gasteiger partial charge in [-0.3, -0.25) is 0 Å². The van der Waals surface area contributed by atoms with Crippen molar-refractivity contribution in [3.8, 4) is 17.1 Å². The molecule has 2 unspecified atom stereocenters. The summed E-state index contributed by atoms with van der Waals surface area (Å²) in [7, 11) is 0. The van der Waals surface area contributed by atoms with Gasteiger partial charge in [-0.2, -0.15) is 0 Å². The van der Waals surface area contributed by atoms with Gasteiger partial charge in [0.15, 0.2) is 0 Å². The van der Waals surface area contributed by atoms with Crippen LogP contribution in [0, 0.1) is 5.92 Å². The van der Waals surface area contributed by atoms with Crippen molar-refractivity contribution in [1.82, 2.24) is 15.0 Å². The third-order valence-corrected chi connectivity index (χ3v) is 4.70. The average molecular weight is 406 g/mol. The summed E-state index contributed by atoms with van der Waals surface area (Å²) in [5.74, 6) is 1.48. The molecule has 8 heteroatoms. The fourth-order valence-electron chi connectivity index (χ4n) is 3.30. The Labute approximate surface area is 171 Å². The quantitative estimate of drug-likeness (QED) is 0.693. The summed E-state index contributed by atoms with van der Waals surface area (Å²) in [6, 6.07) is 3.98. The monoisotopic (exact) mass is 405 g/mol. The molecule has 1 fully saturated rings. The normalized spacial score (nSPS) is 18.1. The van der Waals surface area contributed by atoms with Crippen molar-refractivity contribution < 1.29 is 9.47 Å². The topological polar surface area (TPSA) is 95.2 Å². The fourth-order valence-corrected chi connectivity index (χ4v) is 3.52. The molecule has 0 amide bonds. The molecule has 3 heterocycles. The van der Waals surface area contributed by atoms with E-state index in [1.165, 1.54) is 6.33 Å². The number of rotatable bonds is 8. The number of pyridine rings is 1. The molecule has 0 aliphatic carbocycles. The second kappa shape index (κ2) is 9.03. The molecule has 0 radical (unpaired) electrons. The van der Waals surface area contributed by atoms with Crippen LogP contribution in [0.25, 0.3) is 11.3 Å². The smallest absolute Gasteiger partial charge is 0.232 e. The molecule has 152 valence electrons. The Morgan fingerprint density at radius 1 is 1.36 bits per heavy atom. The van der Waals surface area contributed by atoms with Crippen LogP contribution < -0.4 is 15.8 Å². The molecule has 0 bridgehead atoms. The molecule has 0 spiro atoms. The number of ether oxygens (including phenoxy) is 2. The predicted molar refractivity (Wildman–Crippen MR) is 111 cm³/mol. The summed E-state index contributed by atoms with van der Waals surface area (Å²) in [5, 5.41) is 3.82. The number of anilines is 1. The number of hydrogen-bond donors (Lipinski definition) is 2. The van der Waals surface area contributed by atoms with E-state index >= 15 is 0 Å². The van der Waals surface area contributed by atoms with Crippen LogP contribution >= 0.6 is 11.6 Å². The zero-order valence-corrected chi connectivity index (χ0v) is 17.4. The molecule has 1 aliphatic heterocycles. The minimum Gasteiger partial charge on any atom is -0.476 e. The SMILES string of the molecule is CC(COc1ncc(-c2cc(NC3CCOC3)ncn2)cc1Cl)CC(C)(C)N. The van der Waals surface area contributed by atoms with Crippen LogP contribution in [0.3, 0.4) is 0 Å². The van der Waals surface area contributed by atoms with Crippen molar-refractivity contribution in [2.45, 2.75) is 45.2 Å². The molecule has 7 nitrogen and oxygen atoms in total. The summed E-state index contributed by atoms with van der Waals surface area (Å²) in [6.45, 7) is 8.10. The van der Waals surface area contributed by atoms with Gasteiger partial charge >= 0.3 is 0 Å². The van der Waals surface area contributed by atoms with E-state index in [1.807, 2.05) is 26.0 Å². The molecule has 1 saturated heterocycles. The largest absolute Gasteiger partial charge is 0.476 e. The number of nitrogens with zero attached hydrogens (tertiary/aromatic N) is 3. The first-order valence-corrected chi connectivity index (χ1v) is 9.92. The summed E-state index contributed by atoms with van der Waals surface area (Å²) in [5.41, 5.74) is 7.39. The van der Waals surface area contributed by atoms with Crippen molar-refractivity contribution in [3.63, 3.8) is 0 Å². The van der Waals surface area contributed by atoms with E-state index in [2.05, 4.69) is 27.2 Å². The van der Waals surface area contributed by atoms with Crippen LogP contribution in [0.2, 0.25) is 5.02 Å². The minimum absolute atomic E-state index is 0.229. The molecule has 2 aromatic heterocycles. The molecule has 0 saturated carbocycles.